The predicted octanol–water partition coefficient (Wildman–Crippen LogP) is 1.86. The van der Waals surface area contributed by atoms with E-state index in [9.17, 15) is 22.0 Å². The van der Waals surface area contributed by atoms with E-state index in [2.05, 4.69) is 4.98 Å². The van der Waals surface area contributed by atoms with Crippen LogP contribution in [0.3, 0.4) is 0 Å². The number of rotatable bonds is 4. The van der Waals surface area contributed by atoms with E-state index >= 15 is 0 Å². The number of carboxylic acid groups (broad SMARTS) is 1. The van der Waals surface area contributed by atoms with Gasteiger partial charge in [-0.2, -0.15) is 0 Å². The van der Waals surface area contributed by atoms with Gasteiger partial charge >= 0.3 is 5.97 Å². The number of nitrogens with one attached hydrogen (secondary N) is 1. The molecule has 1 aromatic carbocycles. The molecule has 1 aromatic heterocycles. The molecule has 0 amide bonds. The van der Waals surface area contributed by atoms with Gasteiger partial charge in [0.25, 0.3) is 10.0 Å². The first kappa shape index (κ1) is 14.9. The molecule has 0 aliphatic rings. The summed E-state index contributed by atoms with van der Waals surface area (Å²) in [6.45, 7) is 0. The Labute approximate surface area is 118 Å². The highest BCUT2D eigenvalue weighted by atomic mass is 32.2. The Morgan fingerprint density at radius 1 is 1.24 bits per heavy atom. The zero-order chi connectivity index (χ0) is 15.6. The van der Waals surface area contributed by atoms with Gasteiger partial charge in [0, 0.05) is 6.20 Å². The smallest absolute Gasteiger partial charge is 0.341 e. The lowest BCUT2D eigenvalue weighted by Gasteiger charge is -2.10. The lowest BCUT2D eigenvalue weighted by molar-refractivity contribution is 0.0685. The zero-order valence-electron chi connectivity index (χ0n) is 10.2. The predicted molar refractivity (Wildman–Crippen MR) is 68.4 cm³/mol. The van der Waals surface area contributed by atoms with Gasteiger partial charge in [0.15, 0.2) is 5.82 Å². The van der Waals surface area contributed by atoms with Crippen LogP contribution in [0.1, 0.15) is 10.4 Å². The van der Waals surface area contributed by atoms with Gasteiger partial charge in [-0.3, -0.25) is 9.71 Å². The summed E-state index contributed by atoms with van der Waals surface area (Å²) in [7, 11) is -4.41. The molecule has 0 fully saturated rings. The number of hydrogen-bond acceptors (Lipinski definition) is 4. The number of carbonyl (C=O) groups is 1. The molecule has 9 heteroatoms. The molecular formula is C12H8F2N2O4S. The van der Waals surface area contributed by atoms with E-state index in [1.807, 2.05) is 4.72 Å². The molecule has 0 radical (unpaired) electrons. The number of aromatic carboxylic acids is 1. The molecule has 21 heavy (non-hydrogen) atoms. The van der Waals surface area contributed by atoms with Gasteiger partial charge in [-0.25, -0.2) is 22.0 Å². The SMILES string of the molecule is O=C(O)c1c(F)ccc(S(=O)(=O)Nc2cccnc2)c1F. The number of nitrogens with zero attached hydrogens (tertiary/aromatic N) is 1. The Morgan fingerprint density at radius 2 is 1.95 bits per heavy atom. The molecule has 2 N–H and O–H groups in total. The minimum Gasteiger partial charge on any atom is -0.477 e. The van der Waals surface area contributed by atoms with Crippen LogP contribution in [0, 0.1) is 11.6 Å². The molecule has 0 saturated carbocycles. The lowest BCUT2D eigenvalue weighted by Crippen LogP contribution is -2.17. The Morgan fingerprint density at radius 3 is 2.52 bits per heavy atom. The fourth-order valence-electron chi connectivity index (χ4n) is 1.57. The third-order valence-electron chi connectivity index (χ3n) is 2.47. The maximum atomic E-state index is 13.9. The molecular weight excluding hydrogens is 306 g/mol. The zero-order valence-corrected chi connectivity index (χ0v) is 11.1. The minimum atomic E-state index is -4.41. The molecule has 0 saturated heterocycles. The quantitative estimate of drug-likeness (QED) is 0.898. The van der Waals surface area contributed by atoms with E-state index in [4.69, 9.17) is 5.11 Å². The number of carboxylic acids is 1. The lowest BCUT2D eigenvalue weighted by atomic mass is 10.2. The van der Waals surface area contributed by atoms with Crippen molar-refractivity contribution in [3.05, 3.63) is 53.9 Å². The summed E-state index contributed by atoms with van der Waals surface area (Å²) in [5.74, 6) is -4.93. The highest BCUT2D eigenvalue weighted by Gasteiger charge is 2.27. The third-order valence-corrected chi connectivity index (χ3v) is 3.87. The summed E-state index contributed by atoms with van der Waals surface area (Å²) in [4.78, 5) is 13.5. The van der Waals surface area contributed by atoms with Crippen LogP contribution in [0.25, 0.3) is 0 Å². The molecule has 0 spiro atoms. The van der Waals surface area contributed by atoms with Gasteiger partial charge < -0.3 is 5.11 Å². The first-order chi connectivity index (χ1) is 9.83. The van der Waals surface area contributed by atoms with Crippen molar-refractivity contribution in [2.75, 3.05) is 4.72 Å². The van der Waals surface area contributed by atoms with Gasteiger partial charge in [0.2, 0.25) is 0 Å². The van der Waals surface area contributed by atoms with E-state index < -0.39 is 38.1 Å². The second-order valence-electron chi connectivity index (χ2n) is 3.89. The minimum absolute atomic E-state index is 0.0538. The second kappa shape index (κ2) is 5.44. The normalized spacial score (nSPS) is 11.1. The molecule has 0 aliphatic heterocycles. The van der Waals surface area contributed by atoms with Crippen LogP contribution < -0.4 is 4.72 Å². The van der Waals surface area contributed by atoms with E-state index in [0.29, 0.717) is 12.1 Å². The first-order valence-corrected chi connectivity index (χ1v) is 6.95. The van der Waals surface area contributed by atoms with Crippen molar-refractivity contribution in [3.8, 4) is 0 Å². The Kier molecular flexibility index (Phi) is 3.85. The highest BCUT2D eigenvalue weighted by molar-refractivity contribution is 7.92. The van der Waals surface area contributed by atoms with Crippen LogP contribution in [-0.4, -0.2) is 24.5 Å². The van der Waals surface area contributed by atoms with Crippen LogP contribution in [0.15, 0.2) is 41.6 Å². The average molecular weight is 314 g/mol. The molecule has 1 heterocycles. The van der Waals surface area contributed by atoms with Crippen molar-refractivity contribution in [3.63, 3.8) is 0 Å². The maximum absolute atomic E-state index is 13.9. The summed E-state index contributed by atoms with van der Waals surface area (Å²) in [6.07, 6.45) is 2.58. The Hall–Kier alpha value is -2.55. The fraction of sp³-hybridized carbons (Fsp3) is 0. The Balaban J connectivity index is 2.51. The summed E-state index contributed by atoms with van der Waals surface area (Å²) in [5.41, 5.74) is -1.28. The van der Waals surface area contributed by atoms with Crippen LogP contribution in [0.5, 0.6) is 0 Å². The van der Waals surface area contributed by atoms with Gasteiger partial charge in [0.1, 0.15) is 16.3 Å². The average Bonchev–Trinajstić information content (AvgIpc) is 2.38. The van der Waals surface area contributed by atoms with E-state index in [0.717, 1.165) is 0 Å². The summed E-state index contributed by atoms with van der Waals surface area (Å²) >= 11 is 0. The van der Waals surface area contributed by atoms with Gasteiger partial charge in [-0.05, 0) is 24.3 Å². The van der Waals surface area contributed by atoms with Gasteiger partial charge in [-0.15, -0.1) is 0 Å². The molecule has 2 rings (SSSR count). The van der Waals surface area contributed by atoms with Gasteiger partial charge in [-0.1, -0.05) is 0 Å². The third kappa shape index (κ3) is 2.97. The number of sulfonamides is 1. The van der Waals surface area contributed by atoms with Crippen LogP contribution in [-0.2, 0) is 10.0 Å². The van der Waals surface area contributed by atoms with Crippen LogP contribution in [0.4, 0.5) is 14.5 Å². The standard InChI is InChI=1S/C12H8F2N2O4S/c13-8-3-4-9(11(14)10(8)12(17)18)21(19,20)16-7-2-1-5-15-6-7/h1-6,16H,(H,17,18). The number of pyridine rings is 1. The van der Waals surface area contributed by atoms with Crippen molar-refractivity contribution in [2.24, 2.45) is 0 Å². The molecule has 0 atom stereocenters. The Bertz CT molecular complexity index is 794. The number of halogens is 2. The molecule has 110 valence electrons. The van der Waals surface area contributed by atoms with Crippen molar-refractivity contribution in [2.45, 2.75) is 4.90 Å². The topological polar surface area (TPSA) is 96.4 Å². The number of benzene rings is 1. The number of hydrogen-bond donors (Lipinski definition) is 2. The van der Waals surface area contributed by atoms with E-state index in [1.54, 1.807) is 0 Å². The van der Waals surface area contributed by atoms with E-state index in [1.165, 1.54) is 24.5 Å². The first-order valence-electron chi connectivity index (χ1n) is 5.47. The summed E-state index contributed by atoms with van der Waals surface area (Å²) in [6, 6.07) is 4.03. The van der Waals surface area contributed by atoms with Crippen LogP contribution >= 0.6 is 0 Å². The van der Waals surface area contributed by atoms with Crippen LogP contribution in [0.2, 0.25) is 0 Å². The molecule has 2 aromatic rings. The number of anilines is 1. The monoisotopic (exact) mass is 314 g/mol. The molecule has 0 unspecified atom stereocenters. The molecule has 0 bridgehead atoms. The second-order valence-corrected chi connectivity index (χ2v) is 5.54. The number of aromatic nitrogens is 1. The van der Waals surface area contributed by atoms with Crippen molar-refractivity contribution >= 4 is 21.7 Å². The highest BCUT2D eigenvalue weighted by Crippen LogP contribution is 2.23. The van der Waals surface area contributed by atoms with Crippen molar-refractivity contribution < 1.29 is 27.1 Å². The van der Waals surface area contributed by atoms with E-state index in [-0.39, 0.29) is 5.69 Å². The largest absolute Gasteiger partial charge is 0.477 e. The summed E-state index contributed by atoms with van der Waals surface area (Å²) < 4.78 is 53.2. The fourth-order valence-corrected chi connectivity index (χ4v) is 2.70. The molecule has 0 aliphatic carbocycles. The van der Waals surface area contributed by atoms with Gasteiger partial charge in [0.05, 0.1) is 11.9 Å². The summed E-state index contributed by atoms with van der Waals surface area (Å²) in [5, 5.41) is 8.72. The maximum Gasteiger partial charge on any atom is 0.341 e. The molecule has 6 nitrogen and oxygen atoms in total. The van der Waals surface area contributed by atoms with Crippen molar-refractivity contribution in [1.29, 1.82) is 0 Å². The van der Waals surface area contributed by atoms with Crippen molar-refractivity contribution in [1.82, 2.24) is 4.98 Å².